The molecule has 22 heavy (non-hydrogen) atoms. The molecule has 0 saturated heterocycles. The van der Waals surface area contributed by atoms with Crippen molar-refractivity contribution in [2.24, 2.45) is 0 Å². The molecule has 0 saturated carbocycles. The van der Waals surface area contributed by atoms with Gasteiger partial charge >= 0.3 is 0 Å². The normalized spacial score (nSPS) is 11.0. The minimum atomic E-state index is -0.337. The van der Waals surface area contributed by atoms with E-state index in [1.165, 1.54) is 17.7 Å². The second kappa shape index (κ2) is 8.16. The lowest BCUT2D eigenvalue weighted by Gasteiger charge is -2.10. The van der Waals surface area contributed by atoms with Crippen LogP contribution in [0.2, 0.25) is 5.02 Å². The highest BCUT2D eigenvalue weighted by Crippen LogP contribution is 2.20. The highest BCUT2D eigenvalue weighted by Gasteiger charge is 2.03. The summed E-state index contributed by atoms with van der Waals surface area (Å²) in [5.41, 5.74) is 2.08. The minimum absolute atomic E-state index is 0.332. The molecule has 2 aromatic rings. The van der Waals surface area contributed by atoms with E-state index in [1.807, 2.05) is 12.1 Å². The maximum atomic E-state index is 13.0. The van der Waals surface area contributed by atoms with E-state index in [0.29, 0.717) is 11.6 Å². The molecule has 0 spiro atoms. The predicted molar refractivity (Wildman–Crippen MR) is 89.1 cm³/mol. The van der Waals surface area contributed by atoms with Crippen LogP contribution in [0.3, 0.4) is 0 Å². The van der Waals surface area contributed by atoms with Crippen molar-refractivity contribution in [1.82, 2.24) is 4.90 Å². The molecule has 2 aromatic carbocycles. The first-order valence-corrected chi connectivity index (χ1v) is 7.73. The summed E-state index contributed by atoms with van der Waals surface area (Å²) in [5, 5.41) is 0.389. The van der Waals surface area contributed by atoms with Gasteiger partial charge in [0.1, 0.15) is 18.2 Å². The fourth-order valence-corrected chi connectivity index (χ4v) is 2.37. The van der Waals surface area contributed by atoms with Gasteiger partial charge in [-0.2, -0.15) is 0 Å². The van der Waals surface area contributed by atoms with Crippen LogP contribution in [0.1, 0.15) is 17.5 Å². The summed E-state index contributed by atoms with van der Waals surface area (Å²) in [6.07, 6.45) is 2.20. The molecule has 0 aliphatic heterocycles. The van der Waals surface area contributed by atoms with Crippen LogP contribution < -0.4 is 4.74 Å². The number of hydrogen-bond donors (Lipinski definition) is 0. The van der Waals surface area contributed by atoms with E-state index in [2.05, 4.69) is 31.1 Å². The second-order valence-corrected chi connectivity index (χ2v) is 5.98. The maximum Gasteiger partial charge on any atom is 0.124 e. The van der Waals surface area contributed by atoms with Gasteiger partial charge in [0.05, 0.1) is 5.02 Å². The molecule has 0 fully saturated rings. The topological polar surface area (TPSA) is 12.5 Å². The van der Waals surface area contributed by atoms with Gasteiger partial charge in [0.25, 0.3) is 0 Å². The van der Waals surface area contributed by atoms with Gasteiger partial charge in [-0.1, -0.05) is 29.8 Å². The maximum absolute atomic E-state index is 13.0. The Labute approximate surface area is 136 Å². The van der Waals surface area contributed by atoms with Crippen molar-refractivity contribution >= 4 is 11.6 Å². The Morgan fingerprint density at radius 3 is 2.45 bits per heavy atom. The van der Waals surface area contributed by atoms with E-state index in [9.17, 15) is 4.39 Å². The summed E-state index contributed by atoms with van der Waals surface area (Å²) in [5.74, 6) is 0.451. The first kappa shape index (κ1) is 16.8. The standard InChI is InChI=1S/C18H21ClFNO/c1-21(2)11-3-4-14-5-9-17(10-6-14)22-13-15-7-8-16(20)12-18(15)19/h5-10,12H,3-4,11,13H2,1-2H3. The lowest BCUT2D eigenvalue weighted by Crippen LogP contribution is -2.13. The molecule has 4 heteroatoms. The second-order valence-electron chi connectivity index (χ2n) is 5.58. The Morgan fingerprint density at radius 2 is 1.82 bits per heavy atom. The summed E-state index contributed by atoms with van der Waals surface area (Å²) in [6, 6.07) is 12.4. The summed E-state index contributed by atoms with van der Waals surface area (Å²) in [4.78, 5) is 2.18. The largest absolute Gasteiger partial charge is 0.489 e. The van der Waals surface area contributed by atoms with Crippen molar-refractivity contribution in [3.63, 3.8) is 0 Å². The molecule has 0 N–H and O–H groups in total. The van der Waals surface area contributed by atoms with E-state index >= 15 is 0 Å². The molecule has 0 radical (unpaired) electrons. The third-order valence-electron chi connectivity index (χ3n) is 3.40. The zero-order valence-corrected chi connectivity index (χ0v) is 13.7. The van der Waals surface area contributed by atoms with Crippen molar-refractivity contribution in [3.8, 4) is 5.75 Å². The van der Waals surface area contributed by atoms with Crippen LogP contribution in [-0.4, -0.2) is 25.5 Å². The minimum Gasteiger partial charge on any atom is -0.489 e. The van der Waals surface area contributed by atoms with Gasteiger partial charge in [-0.05, 0) is 63.3 Å². The van der Waals surface area contributed by atoms with Gasteiger partial charge in [-0.15, -0.1) is 0 Å². The first-order chi connectivity index (χ1) is 10.5. The fourth-order valence-electron chi connectivity index (χ4n) is 2.15. The molecule has 0 amide bonds. The summed E-state index contributed by atoms with van der Waals surface area (Å²) >= 11 is 5.98. The van der Waals surface area contributed by atoms with Gasteiger partial charge in [-0.25, -0.2) is 4.39 Å². The van der Waals surface area contributed by atoms with Crippen molar-refractivity contribution in [3.05, 3.63) is 64.4 Å². The molecular weight excluding hydrogens is 301 g/mol. The summed E-state index contributed by atoms with van der Waals surface area (Å²) in [7, 11) is 4.16. The average molecular weight is 322 g/mol. The van der Waals surface area contributed by atoms with Gasteiger partial charge in [-0.3, -0.25) is 0 Å². The summed E-state index contributed by atoms with van der Waals surface area (Å²) < 4.78 is 18.7. The number of hydrogen-bond acceptors (Lipinski definition) is 2. The number of aryl methyl sites for hydroxylation is 1. The molecule has 0 atom stereocenters. The quantitative estimate of drug-likeness (QED) is 0.741. The zero-order chi connectivity index (χ0) is 15.9. The molecule has 118 valence electrons. The molecule has 0 aliphatic carbocycles. The first-order valence-electron chi connectivity index (χ1n) is 7.35. The molecule has 2 rings (SSSR count). The zero-order valence-electron chi connectivity index (χ0n) is 13.0. The van der Waals surface area contributed by atoms with Crippen molar-refractivity contribution in [2.45, 2.75) is 19.4 Å². The highest BCUT2D eigenvalue weighted by molar-refractivity contribution is 6.31. The Bertz CT molecular complexity index is 599. The lowest BCUT2D eigenvalue weighted by molar-refractivity contribution is 0.306. The van der Waals surface area contributed by atoms with Crippen LogP contribution >= 0.6 is 11.6 Å². The number of halogens is 2. The molecule has 0 heterocycles. The lowest BCUT2D eigenvalue weighted by atomic mass is 10.1. The SMILES string of the molecule is CN(C)CCCc1ccc(OCc2ccc(F)cc2Cl)cc1. The summed E-state index contributed by atoms with van der Waals surface area (Å²) in [6.45, 7) is 1.42. The number of ether oxygens (including phenoxy) is 1. The van der Waals surface area contributed by atoms with E-state index in [-0.39, 0.29) is 5.82 Å². The van der Waals surface area contributed by atoms with Crippen LogP contribution in [0, 0.1) is 5.82 Å². The molecule has 0 aliphatic rings. The van der Waals surface area contributed by atoms with Crippen LogP contribution in [0.25, 0.3) is 0 Å². The third kappa shape index (κ3) is 5.32. The van der Waals surface area contributed by atoms with Gasteiger partial charge < -0.3 is 9.64 Å². The van der Waals surface area contributed by atoms with Gasteiger partial charge in [0.2, 0.25) is 0 Å². The van der Waals surface area contributed by atoms with E-state index in [1.54, 1.807) is 6.07 Å². The monoisotopic (exact) mass is 321 g/mol. The smallest absolute Gasteiger partial charge is 0.124 e. The number of rotatable bonds is 7. The molecule has 0 unspecified atom stereocenters. The fraction of sp³-hybridized carbons (Fsp3) is 0.333. The predicted octanol–water partition coefficient (Wildman–Crippen LogP) is 4.55. The Hall–Kier alpha value is -1.58. The molecule has 0 aromatic heterocycles. The van der Waals surface area contributed by atoms with Crippen molar-refractivity contribution in [2.75, 3.05) is 20.6 Å². The Balaban J connectivity index is 1.86. The molecular formula is C18H21ClFNO. The van der Waals surface area contributed by atoms with Gasteiger partial charge in [0.15, 0.2) is 0 Å². The Morgan fingerprint density at radius 1 is 1.09 bits per heavy atom. The highest BCUT2D eigenvalue weighted by atomic mass is 35.5. The Kier molecular flexibility index (Phi) is 6.22. The number of nitrogens with zero attached hydrogens (tertiary/aromatic N) is 1. The van der Waals surface area contributed by atoms with E-state index < -0.39 is 0 Å². The molecule has 2 nitrogen and oxygen atoms in total. The van der Waals surface area contributed by atoms with Crippen molar-refractivity contribution < 1.29 is 9.13 Å². The molecule has 0 bridgehead atoms. The average Bonchev–Trinajstić information content (AvgIpc) is 2.47. The number of benzene rings is 2. The van der Waals surface area contributed by atoms with Crippen LogP contribution in [0.4, 0.5) is 4.39 Å². The van der Waals surface area contributed by atoms with E-state index in [0.717, 1.165) is 30.7 Å². The third-order valence-corrected chi connectivity index (χ3v) is 3.76. The van der Waals surface area contributed by atoms with Crippen LogP contribution in [0.15, 0.2) is 42.5 Å². The van der Waals surface area contributed by atoms with Crippen LogP contribution in [0.5, 0.6) is 5.75 Å². The van der Waals surface area contributed by atoms with E-state index in [4.69, 9.17) is 16.3 Å². The van der Waals surface area contributed by atoms with Gasteiger partial charge in [0, 0.05) is 5.56 Å². The van der Waals surface area contributed by atoms with Crippen molar-refractivity contribution in [1.29, 1.82) is 0 Å². The van der Waals surface area contributed by atoms with Crippen LogP contribution in [-0.2, 0) is 13.0 Å².